The zero-order chi connectivity index (χ0) is 11.3. The van der Waals surface area contributed by atoms with Gasteiger partial charge in [0, 0.05) is 6.54 Å². The van der Waals surface area contributed by atoms with E-state index in [4.69, 9.17) is 10.5 Å². The molecule has 1 aromatic rings. The molecule has 0 amide bonds. The van der Waals surface area contributed by atoms with Gasteiger partial charge in [0.15, 0.2) is 0 Å². The Hall–Kier alpha value is -1.02. The van der Waals surface area contributed by atoms with Crippen LogP contribution in [0, 0.1) is 12.8 Å². The Labute approximate surface area is 92.4 Å². The number of nitrogens with two attached hydrogens (primary N) is 1. The van der Waals surface area contributed by atoms with Gasteiger partial charge < -0.3 is 10.5 Å². The lowest BCUT2D eigenvalue weighted by molar-refractivity contribution is 0.289. The van der Waals surface area contributed by atoms with Crippen molar-refractivity contribution in [1.29, 1.82) is 0 Å². The Balaban J connectivity index is 2.52. The van der Waals surface area contributed by atoms with E-state index in [0.717, 1.165) is 18.8 Å². The van der Waals surface area contributed by atoms with Crippen molar-refractivity contribution in [3.05, 3.63) is 29.3 Å². The quantitative estimate of drug-likeness (QED) is 0.805. The maximum absolute atomic E-state index is 5.66. The van der Waals surface area contributed by atoms with E-state index < -0.39 is 0 Å². The molecule has 0 spiro atoms. The van der Waals surface area contributed by atoms with Gasteiger partial charge in [-0.1, -0.05) is 19.9 Å². The molecule has 1 aromatic carbocycles. The fraction of sp³-hybridized carbons (Fsp3) is 0.538. The average Bonchev–Trinajstić information content (AvgIpc) is 2.17. The number of aryl methyl sites for hydroxylation is 1. The van der Waals surface area contributed by atoms with Crippen molar-refractivity contribution in [3.8, 4) is 5.75 Å². The molecule has 0 radical (unpaired) electrons. The molecule has 0 aliphatic heterocycles. The fourth-order valence-electron chi connectivity index (χ4n) is 1.40. The van der Waals surface area contributed by atoms with Crippen molar-refractivity contribution >= 4 is 0 Å². The Morgan fingerprint density at radius 2 is 2.07 bits per heavy atom. The second-order valence-corrected chi connectivity index (χ2v) is 4.32. The smallest absolute Gasteiger partial charge is 0.119 e. The third-order valence-electron chi connectivity index (χ3n) is 2.50. The Morgan fingerprint density at radius 1 is 1.33 bits per heavy atom. The van der Waals surface area contributed by atoms with Gasteiger partial charge in [-0.2, -0.15) is 0 Å². The van der Waals surface area contributed by atoms with Crippen LogP contribution in [0.2, 0.25) is 0 Å². The van der Waals surface area contributed by atoms with Crippen LogP contribution in [0.25, 0.3) is 0 Å². The topological polar surface area (TPSA) is 35.2 Å². The molecule has 0 bridgehead atoms. The molecule has 2 nitrogen and oxygen atoms in total. The van der Waals surface area contributed by atoms with Crippen LogP contribution in [0.1, 0.15) is 31.4 Å². The van der Waals surface area contributed by atoms with Crippen LogP contribution in [-0.4, -0.2) is 6.61 Å². The monoisotopic (exact) mass is 207 g/mol. The average molecular weight is 207 g/mol. The van der Waals surface area contributed by atoms with Crippen LogP contribution in [0.3, 0.4) is 0 Å². The lowest BCUT2D eigenvalue weighted by Gasteiger charge is -2.10. The number of rotatable bonds is 5. The van der Waals surface area contributed by atoms with Crippen LogP contribution in [0.15, 0.2) is 18.2 Å². The van der Waals surface area contributed by atoms with Crippen LogP contribution in [0.4, 0.5) is 0 Å². The van der Waals surface area contributed by atoms with E-state index in [9.17, 15) is 0 Å². The summed E-state index contributed by atoms with van der Waals surface area (Å²) in [6.07, 6.45) is 1.09. The molecule has 0 aliphatic rings. The Morgan fingerprint density at radius 3 is 2.60 bits per heavy atom. The maximum Gasteiger partial charge on any atom is 0.119 e. The minimum absolute atomic E-state index is 0.595. The van der Waals surface area contributed by atoms with Gasteiger partial charge in [-0.25, -0.2) is 0 Å². The first-order valence-electron chi connectivity index (χ1n) is 5.56. The van der Waals surface area contributed by atoms with Crippen LogP contribution in [0.5, 0.6) is 5.75 Å². The van der Waals surface area contributed by atoms with Gasteiger partial charge in [-0.3, -0.25) is 0 Å². The van der Waals surface area contributed by atoms with Gasteiger partial charge in [0.25, 0.3) is 0 Å². The first-order valence-corrected chi connectivity index (χ1v) is 5.56. The van der Waals surface area contributed by atoms with E-state index in [-0.39, 0.29) is 0 Å². The van der Waals surface area contributed by atoms with Crippen molar-refractivity contribution in [2.45, 2.75) is 33.7 Å². The summed E-state index contributed by atoms with van der Waals surface area (Å²) in [5.41, 5.74) is 7.99. The number of hydrogen-bond acceptors (Lipinski definition) is 2. The molecule has 2 heteroatoms. The molecule has 0 fully saturated rings. The molecular formula is C13H21NO. The SMILES string of the molecule is Cc1cc(OCCC(C)C)ccc1CN. The van der Waals surface area contributed by atoms with Gasteiger partial charge in [0.05, 0.1) is 6.61 Å². The van der Waals surface area contributed by atoms with E-state index in [2.05, 4.69) is 26.8 Å². The van der Waals surface area contributed by atoms with E-state index in [0.29, 0.717) is 12.5 Å². The minimum atomic E-state index is 0.595. The maximum atomic E-state index is 5.66. The molecule has 2 N–H and O–H groups in total. The van der Waals surface area contributed by atoms with Crippen LogP contribution >= 0.6 is 0 Å². The zero-order valence-electron chi connectivity index (χ0n) is 9.92. The molecule has 0 aliphatic carbocycles. The first-order chi connectivity index (χ1) is 7.13. The lowest BCUT2D eigenvalue weighted by Crippen LogP contribution is -2.03. The van der Waals surface area contributed by atoms with Gasteiger partial charge in [-0.05, 0) is 42.5 Å². The number of benzene rings is 1. The fourth-order valence-corrected chi connectivity index (χ4v) is 1.40. The molecular weight excluding hydrogens is 186 g/mol. The molecule has 0 heterocycles. The zero-order valence-corrected chi connectivity index (χ0v) is 9.92. The Kier molecular flexibility index (Phi) is 4.63. The molecule has 0 saturated heterocycles. The van der Waals surface area contributed by atoms with E-state index in [1.807, 2.05) is 12.1 Å². The van der Waals surface area contributed by atoms with E-state index in [1.54, 1.807) is 0 Å². The summed E-state index contributed by atoms with van der Waals surface area (Å²) in [5.74, 6) is 1.64. The second-order valence-electron chi connectivity index (χ2n) is 4.32. The van der Waals surface area contributed by atoms with Crippen molar-refractivity contribution in [3.63, 3.8) is 0 Å². The molecule has 84 valence electrons. The molecule has 1 rings (SSSR count). The van der Waals surface area contributed by atoms with Crippen LogP contribution < -0.4 is 10.5 Å². The lowest BCUT2D eigenvalue weighted by atomic mass is 10.1. The highest BCUT2D eigenvalue weighted by Crippen LogP contribution is 2.17. The van der Waals surface area contributed by atoms with Gasteiger partial charge in [0.1, 0.15) is 5.75 Å². The summed E-state index contributed by atoms with van der Waals surface area (Å²) in [6, 6.07) is 6.10. The molecule has 0 atom stereocenters. The number of hydrogen-bond donors (Lipinski definition) is 1. The standard InChI is InChI=1S/C13H21NO/c1-10(2)6-7-15-13-5-4-12(9-14)11(3)8-13/h4-5,8,10H,6-7,9,14H2,1-3H3. The van der Waals surface area contributed by atoms with E-state index >= 15 is 0 Å². The minimum Gasteiger partial charge on any atom is -0.494 e. The summed E-state index contributed by atoms with van der Waals surface area (Å²) in [5, 5.41) is 0. The highest BCUT2D eigenvalue weighted by molar-refractivity contribution is 5.34. The van der Waals surface area contributed by atoms with Crippen molar-refractivity contribution in [2.24, 2.45) is 11.7 Å². The summed E-state index contributed by atoms with van der Waals surface area (Å²) < 4.78 is 5.66. The predicted octanol–water partition coefficient (Wildman–Crippen LogP) is 2.88. The number of ether oxygens (including phenoxy) is 1. The van der Waals surface area contributed by atoms with Gasteiger partial charge in [0.2, 0.25) is 0 Å². The van der Waals surface area contributed by atoms with E-state index in [1.165, 1.54) is 11.1 Å². The summed E-state index contributed by atoms with van der Waals surface area (Å²) in [6.45, 7) is 7.85. The van der Waals surface area contributed by atoms with Crippen LogP contribution in [-0.2, 0) is 6.54 Å². The Bertz CT molecular complexity index is 307. The largest absolute Gasteiger partial charge is 0.494 e. The summed E-state index contributed by atoms with van der Waals surface area (Å²) in [7, 11) is 0. The second kappa shape index (κ2) is 5.76. The normalized spacial score (nSPS) is 10.7. The third kappa shape index (κ3) is 3.92. The summed E-state index contributed by atoms with van der Waals surface area (Å²) in [4.78, 5) is 0. The summed E-state index contributed by atoms with van der Waals surface area (Å²) >= 11 is 0. The predicted molar refractivity (Wildman–Crippen MR) is 64.0 cm³/mol. The van der Waals surface area contributed by atoms with Crippen molar-refractivity contribution in [2.75, 3.05) is 6.61 Å². The molecule has 0 unspecified atom stereocenters. The first kappa shape index (κ1) is 12.1. The highest BCUT2D eigenvalue weighted by atomic mass is 16.5. The third-order valence-corrected chi connectivity index (χ3v) is 2.50. The van der Waals surface area contributed by atoms with Gasteiger partial charge in [-0.15, -0.1) is 0 Å². The molecule has 0 saturated carbocycles. The van der Waals surface area contributed by atoms with Crippen molar-refractivity contribution < 1.29 is 4.74 Å². The molecule has 15 heavy (non-hydrogen) atoms. The van der Waals surface area contributed by atoms with Crippen molar-refractivity contribution in [1.82, 2.24) is 0 Å². The highest BCUT2D eigenvalue weighted by Gasteiger charge is 2.00. The van der Waals surface area contributed by atoms with Gasteiger partial charge >= 0.3 is 0 Å². The molecule has 0 aromatic heterocycles.